The molecule has 9 heteroatoms. The molecule has 5 fully saturated rings. The molecular weight excluding hydrogens is 492 g/mol. The second-order valence-electron chi connectivity index (χ2n) is 13.7. The molecule has 0 aromatic heterocycles. The molecule has 2 aliphatic heterocycles. The number of fused-ring (bicyclic) bond motifs is 5. The molecule has 0 spiro atoms. The van der Waals surface area contributed by atoms with Gasteiger partial charge in [0.25, 0.3) is 0 Å². The molecule has 2 heterocycles. The molecule has 0 radical (unpaired) electrons. The van der Waals surface area contributed by atoms with E-state index in [1.165, 1.54) is 0 Å². The number of hydrogen-bond donors (Lipinski definition) is 5. The SMILES string of the molecule is C[C@H]1O[C@H](O[C@H]2CC[C@@]3(C)[C@@H](CC[C@@H]4[C@H]3[C@@H](O)C[C@]3(C)[C@@H](C5=CC(=O)OC5)CC[C@]43O)C2)[C@@H](O)[C@@H](O)[C@H]1O. The minimum absolute atomic E-state index is 0.0143. The maximum Gasteiger partial charge on any atom is 0.331 e. The molecule has 214 valence electrons. The van der Waals surface area contributed by atoms with Crippen LogP contribution < -0.4 is 0 Å². The van der Waals surface area contributed by atoms with Crippen LogP contribution in [0.2, 0.25) is 0 Å². The van der Waals surface area contributed by atoms with Crippen molar-refractivity contribution in [3.05, 3.63) is 11.6 Å². The summed E-state index contributed by atoms with van der Waals surface area (Å²) in [6.07, 6.45) is 1.49. The summed E-state index contributed by atoms with van der Waals surface area (Å²) >= 11 is 0. The zero-order valence-electron chi connectivity index (χ0n) is 22.7. The predicted molar refractivity (Wildman–Crippen MR) is 134 cm³/mol. The highest BCUT2D eigenvalue weighted by molar-refractivity contribution is 5.85. The van der Waals surface area contributed by atoms with Gasteiger partial charge in [-0.2, -0.15) is 0 Å². The van der Waals surface area contributed by atoms with E-state index in [0.717, 1.165) is 44.1 Å². The van der Waals surface area contributed by atoms with Crippen molar-refractivity contribution in [1.82, 2.24) is 0 Å². The van der Waals surface area contributed by atoms with Crippen molar-refractivity contribution >= 4 is 5.97 Å². The first-order valence-electron chi connectivity index (χ1n) is 14.5. The number of aliphatic hydroxyl groups excluding tert-OH is 4. The van der Waals surface area contributed by atoms with E-state index >= 15 is 0 Å². The van der Waals surface area contributed by atoms with Gasteiger partial charge in [0.1, 0.15) is 24.9 Å². The number of ether oxygens (including phenoxy) is 3. The number of esters is 1. The first-order valence-corrected chi connectivity index (χ1v) is 14.5. The van der Waals surface area contributed by atoms with Crippen LogP contribution in [0.5, 0.6) is 0 Å². The Labute approximate surface area is 224 Å². The van der Waals surface area contributed by atoms with Crippen molar-refractivity contribution in [1.29, 1.82) is 0 Å². The van der Waals surface area contributed by atoms with Gasteiger partial charge in [-0.15, -0.1) is 0 Å². The topological polar surface area (TPSA) is 146 Å². The van der Waals surface area contributed by atoms with Crippen LogP contribution in [-0.4, -0.2) is 86.6 Å². The highest BCUT2D eigenvalue weighted by Gasteiger charge is 2.70. The van der Waals surface area contributed by atoms with Crippen LogP contribution in [0.1, 0.15) is 72.1 Å². The van der Waals surface area contributed by atoms with E-state index in [0.29, 0.717) is 18.8 Å². The lowest BCUT2D eigenvalue weighted by Gasteiger charge is -2.65. The highest BCUT2D eigenvalue weighted by atomic mass is 16.7. The highest BCUT2D eigenvalue weighted by Crippen LogP contribution is 2.70. The second kappa shape index (κ2) is 9.23. The monoisotopic (exact) mass is 536 g/mol. The summed E-state index contributed by atoms with van der Waals surface area (Å²) in [4.78, 5) is 11.8. The molecule has 4 saturated carbocycles. The van der Waals surface area contributed by atoms with Crippen molar-refractivity contribution in [2.45, 2.75) is 121 Å². The molecule has 6 rings (SSSR count). The molecule has 38 heavy (non-hydrogen) atoms. The third-order valence-corrected chi connectivity index (χ3v) is 12.0. The molecule has 6 aliphatic rings. The second-order valence-corrected chi connectivity index (χ2v) is 13.7. The first kappa shape index (κ1) is 27.1. The Hall–Kier alpha value is -1.07. The third-order valence-electron chi connectivity index (χ3n) is 12.0. The van der Waals surface area contributed by atoms with Gasteiger partial charge in [0.15, 0.2) is 6.29 Å². The largest absolute Gasteiger partial charge is 0.458 e. The molecule has 0 amide bonds. The van der Waals surface area contributed by atoms with E-state index < -0.39 is 47.8 Å². The minimum Gasteiger partial charge on any atom is -0.458 e. The van der Waals surface area contributed by atoms with Crippen molar-refractivity contribution in [3.8, 4) is 0 Å². The number of aliphatic hydroxyl groups is 5. The van der Waals surface area contributed by atoms with Gasteiger partial charge in [0.05, 0.1) is 23.9 Å². The molecule has 1 saturated heterocycles. The lowest BCUT2D eigenvalue weighted by molar-refractivity contribution is -0.311. The van der Waals surface area contributed by atoms with E-state index in [4.69, 9.17) is 14.2 Å². The summed E-state index contributed by atoms with van der Waals surface area (Å²) in [6.45, 7) is 6.32. The van der Waals surface area contributed by atoms with Crippen molar-refractivity contribution in [2.24, 2.45) is 34.5 Å². The lowest BCUT2D eigenvalue weighted by Crippen LogP contribution is -2.66. The Morgan fingerprint density at radius 2 is 1.76 bits per heavy atom. The number of carbonyl (C=O) groups excluding carboxylic acids is 1. The molecule has 5 N–H and O–H groups in total. The molecule has 4 aliphatic carbocycles. The Balaban J connectivity index is 1.19. The fraction of sp³-hybridized carbons (Fsp3) is 0.897. The molecule has 0 aromatic rings. The van der Waals surface area contributed by atoms with Crippen LogP contribution in [-0.2, 0) is 19.0 Å². The van der Waals surface area contributed by atoms with E-state index in [1.54, 1.807) is 13.0 Å². The summed E-state index contributed by atoms with van der Waals surface area (Å²) in [5.41, 5.74) is -0.607. The number of cyclic esters (lactones) is 1. The Kier molecular flexibility index (Phi) is 6.58. The van der Waals surface area contributed by atoms with Gasteiger partial charge in [-0.3, -0.25) is 0 Å². The average molecular weight is 537 g/mol. The van der Waals surface area contributed by atoms with Crippen molar-refractivity contribution < 1.29 is 44.5 Å². The Morgan fingerprint density at radius 3 is 2.47 bits per heavy atom. The lowest BCUT2D eigenvalue weighted by atomic mass is 9.42. The summed E-state index contributed by atoms with van der Waals surface area (Å²) in [7, 11) is 0. The predicted octanol–water partition coefficient (Wildman–Crippen LogP) is 1.43. The van der Waals surface area contributed by atoms with E-state index in [1.807, 2.05) is 0 Å². The number of carbonyl (C=O) groups is 1. The Morgan fingerprint density at radius 1 is 1.00 bits per heavy atom. The maximum atomic E-state index is 12.4. The summed E-state index contributed by atoms with van der Waals surface area (Å²) in [6, 6.07) is 0. The summed E-state index contributed by atoms with van der Waals surface area (Å²) in [5, 5.41) is 54.7. The number of rotatable bonds is 3. The number of hydrogen-bond acceptors (Lipinski definition) is 9. The molecular formula is C29H44O9. The fourth-order valence-corrected chi connectivity index (χ4v) is 9.91. The smallest absolute Gasteiger partial charge is 0.331 e. The summed E-state index contributed by atoms with van der Waals surface area (Å²) in [5.74, 6) is -0.0314. The van der Waals surface area contributed by atoms with Crippen LogP contribution in [0, 0.1) is 34.5 Å². The van der Waals surface area contributed by atoms with Crippen molar-refractivity contribution in [2.75, 3.05) is 6.61 Å². The van der Waals surface area contributed by atoms with Crippen LogP contribution in [0.4, 0.5) is 0 Å². The third kappa shape index (κ3) is 3.80. The van der Waals surface area contributed by atoms with Gasteiger partial charge in [-0.25, -0.2) is 4.79 Å². The molecule has 0 bridgehead atoms. The quantitative estimate of drug-likeness (QED) is 0.267. The molecule has 9 nitrogen and oxygen atoms in total. The van der Waals surface area contributed by atoms with Crippen LogP contribution >= 0.6 is 0 Å². The zero-order valence-corrected chi connectivity index (χ0v) is 22.7. The first-order chi connectivity index (χ1) is 17.9. The fourth-order valence-electron chi connectivity index (χ4n) is 9.91. The van der Waals surface area contributed by atoms with Crippen LogP contribution in [0.15, 0.2) is 11.6 Å². The van der Waals surface area contributed by atoms with Crippen molar-refractivity contribution in [3.63, 3.8) is 0 Å². The van der Waals surface area contributed by atoms with E-state index in [9.17, 15) is 30.3 Å². The molecule has 0 unspecified atom stereocenters. The van der Waals surface area contributed by atoms with Gasteiger partial charge in [0, 0.05) is 11.5 Å². The zero-order chi connectivity index (χ0) is 27.2. The Bertz CT molecular complexity index is 985. The average Bonchev–Trinajstić information content (AvgIpc) is 3.41. The molecule has 0 aromatic carbocycles. The summed E-state index contributed by atoms with van der Waals surface area (Å²) < 4.78 is 17.1. The normalized spacial score (nSPS) is 56.5. The van der Waals surface area contributed by atoms with Gasteiger partial charge in [0.2, 0.25) is 0 Å². The van der Waals surface area contributed by atoms with Crippen LogP contribution in [0.25, 0.3) is 0 Å². The van der Waals surface area contributed by atoms with Gasteiger partial charge >= 0.3 is 5.97 Å². The van der Waals surface area contributed by atoms with Crippen LogP contribution in [0.3, 0.4) is 0 Å². The standard InChI is InChI=1S/C29H44O9/c1-14-23(32)24(33)25(34)26(37-14)38-17-6-8-27(2)16(11-17)4-5-19-22(27)20(30)12-28(3)18(7-9-29(19,28)35)15-10-21(31)36-13-15/h10,14,16-20,22-26,30,32-35H,4-9,11-13H2,1-3H3/t14-,16+,17+,18-,19-,20+,22+,23+,24+,25+,26-,27+,28-,29+/m1/s1. The molecule has 14 atom stereocenters. The maximum absolute atomic E-state index is 12.4. The van der Waals surface area contributed by atoms with Gasteiger partial charge in [-0.1, -0.05) is 13.8 Å². The van der Waals surface area contributed by atoms with Gasteiger partial charge in [-0.05, 0) is 93.0 Å². The van der Waals surface area contributed by atoms with Gasteiger partial charge < -0.3 is 39.7 Å². The van der Waals surface area contributed by atoms with E-state index in [2.05, 4.69) is 13.8 Å². The minimum atomic E-state index is -1.32. The van der Waals surface area contributed by atoms with E-state index in [-0.39, 0.29) is 41.8 Å².